The number of hydrogen-bond donors (Lipinski definition) is 3. The average molecular weight is 530 g/mol. The standard InChI is InChI=1S/C27H24FN7O4/c1-27(2,3)16-8-15-11-32-35(26(39)22(15)19(28)9-16)25-18(13-36)20(6-7-30-25)34-12-17(24(29)38)23(33-34)14-4-5-21(37)31-10-14/h4-12,36H,13H2,1-3H3,(H2,29,38)(H,31,37). The smallest absolute Gasteiger partial charge is 0.283 e. The number of fused-ring (bicyclic) bond motifs is 1. The predicted molar refractivity (Wildman–Crippen MR) is 141 cm³/mol. The maximum Gasteiger partial charge on any atom is 0.283 e. The Hall–Kier alpha value is -4.97. The van der Waals surface area contributed by atoms with Crippen LogP contribution in [0.25, 0.3) is 33.5 Å². The molecule has 0 atom stereocenters. The van der Waals surface area contributed by atoms with Crippen LogP contribution in [0.1, 0.15) is 42.3 Å². The summed E-state index contributed by atoms with van der Waals surface area (Å²) >= 11 is 0. The minimum Gasteiger partial charge on any atom is -0.391 e. The molecule has 0 radical (unpaired) electrons. The van der Waals surface area contributed by atoms with Gasteiger partial charge in [-0.15, -0.1) is 0 Å². The molecule has 0 saturated heterocycles. The number of carbonyl (C=O) groups excluding carboxylic acids is 1. The molecule has 5 aromatic rings. The molecular formula is C27H24FN7O4. The first-order chi connectivity index (χ1) is 18.5. The zero-order chi connectivity index (χ0) is 28.1. The number of halogens is 1. The Labute approximate surface area is 220 Å². The highest BCUT2D eigenvalue weighted by molar-refractivity contribution is 5.98. The van der Waals surface area contributed by atoms with Crippen LogP contribution in [0, 0.1) is 5.82 Å². The molecule has 4 aromatic heterocycles. The highest BCUT2D eigenvalue weighted by Gasteiger charge is 2.23. The fourth-order valence-corrected chi connectivity index (χ4v) is 4.29. The maximum absolute atomic E-state index is 15.2. The van der Waals surface area contributed by atoms with E-state index in [1.807, 2.05) is 20.8 Å². The second-order valence-electron chi connectivity index (χ2n) is 9.97. The molecule has 198 valence electrons. The quantitative estimate of drug-likeness (QED) is 0.315. The number of nitrogens with zero attached hydrogens (tertiary/aromatic N) is 5. The second kappa shape index (κ2) is 9.40. The van der Waals surface area contributed by atoms with Crippen LogP contribution in [-0.4, -0.2) is 40.5 Å². The predicted octanol–water partition coefficient (Wildman–Crippen LogP) is 2.35. The number of H-pyrrole nitrogens is 1. The third-order valence-electron chi connectivity index (χ3n) is 6.36. The lowest BCUT2D eigenvalue weighted by atomic mass is 9.86. The van der Waals surface area contributed by atoms with E-state index in [1.165, 1.54) is 53.7 Å². The first-order valence-electron chi connectivity index (χ1n) is 11.9. The fourth-order valence-electron chi connectivity index (χ4n) is 4.29. The van der Waals surface area contributed by atoms with Gasteiger partial charge in [0.15, 0.2) is 5.82 Å². The Balaban J connectivity index is 1.69. The normalized spacial score (nSPS) is 11.7. The molecule has 0 aliphatic heterocycles. The van der Waals surface area contributed by atoms with E-state index in [2.05, 4.69) is 20.2 Å². The van der Waals surface area contributed by atoms with Crippen LogP contribution >= 0.6 is 0 Å². The second-order valence-corrected chi connectivity index (χ2v) is 9.97. The molecule has 0 aliphatic rings. The van der Waals surface area contributed by atoms with Crippen LogP contribution in [0.3, 0.4) is 0 Å². The zero-order valence-corrected chi connectivity index (χ0v) is 21.3. The fraction of sp³-hybridized carbons (Fsp3) is 0.185. The Morgan fingerprint density at radius 2 is 1.95 bits per heavy atom. The number of primary amides is 1. The summed E-state index contributed by atoms with van der Waals surface area (Å²) in [5.41, 5.74) is 5.96. The topological polar surface area (TPSA) is 162 Å². The first-order valence-corrected chi connectivity index (χ1v) is 11.9. The first kappa shape index (κ1) is 25.7. The molecule has 11 nitrogen and oxygen atoms in total. The lowest BCUT2D eigenvalue weighted by molar-refractivity contribution is 0.100. The molecule has 4 heterocycles. The van der Waals surface area contributed by atoms with Crippen molar-refractivity contribution >= 4 is 16.7 Å². The molecule has 0 unspecified atom stereocenters. The largest absolute Gasteiger partial charge is 0.391 e. The van der Waals surface area contributed by atoms with Crippen LogP contribution in [0.4, 0.5) is 4.39 Å². The Bertz CT molecular complexity index is 1860. The Morgan fingerprint density at radius 1 is 1.18 bits per heavy atom. The molecule has 1 amide bonds. The van der Waals surface area contributed by atoms with Crippen molar-refractivity contribution in [2.75, 3.05) is 0 Å². The number of benzene rings is 1. The van der Waals surface area contributed by atoms with Crippen LogP contribution < -0.4 is 16.9 Å². The number of pyridine rings is 2. The number of nitrogens with one attached hydrogen (secondary N) is 1. The van der Waals surface area contributed by atoms with Gasteiger partial charge in [0, 0.05) is 41.2 Å². The summed E-state index contributed by atoms with van der Waals surface area (Å²) in [6.07, 6.45) is 5.50. The van der Waals surface area contributed by atoms with Crippen molar-refractivity contribution in [2.24, 2.45) is 5.73 Å². The molecule has 39 heavy (non-hydrogen) atoms. The van der Waals surface area contributed by atoms with Crippen molar-refractivity contribution in [2.45, 2.75) is 32.8 Å². The van der Waals surface area contributed by atoms with Gasteiger partial charge in [-0.25, -0.2) is 14.1 Å². The zero-order valence-electron chi connectivity index (χ0n) is 21.3. The van der Waals surface area contributed by atoms with Gasteiger partial charge in [0.25, 0.3) is 11.5 Å². The van der Waals surface area contributed by atoms with Gasteiger partial charge in [-0.2, -0.15) is 14.9 Å². The number of aliphatic hydroxyl groups is 1. The number of carbonyl (C=O) groups is 1. The van der Waals surface area contributed by atoms with Crippen LogP contribution in [0.15, 0.2) is 64.7 Å². The minimum absolute atomic E-state index is 0.0390. The average Bonchev–Trinajstić information content (AvgIpc) is 3.34. The lowest BCUT2D eigenvalue weighted by Gasteiger charge is -2.20. The summed E-state index contributed by atoms with van der Waals surface area (Å²) in [6.45, 7) is 5.22. The molecule has 0 bridgehead atoms. The van der Waals surface area contributed by atoms with Crippen molar-refractivity contribution in [3.63, 3.8) is 0 Å². The summed E-state index contributed by atoms with van der Waals surface area (Å²) < 4.78 is 17.4. The lowest BCUT2D eigenvalue weighted by Crippen LogP contribution is -2.25. The molecule has 0 fully saturated rings. The van der Waals surface area contributed by atoms with Crippen molar-refractivity contribution in [3.8, 4) is 22.8 Å². The number of aromatic nitrogens is 6. The number of nitrogens with two attached hydrogens (primary N) is 1. The van der Waals surface area contributed by atoms with E-state index < -0.39 is 23.9 Å². The number of hydrogen-bond acceptors (Lipinski definition) is 7. The minimum atomic E-state index is -0.764. The number of amides is 1. The van der Waals surface area contributed by atoms with Crippen molar-refractivity contribution < 1.29 is 14.3 Å². The Morgan fingerprint density at radius 3 is 2.59 bits per heavy atom. The highest BCUT2D eigenvalue weighted by atomic mass is 19.1. The van der Waals surface area contributed by atoms with Crippen molar-refractivity contribution in [1.29, 1.82) is 0 Å². The van der Waals surface area contributed by atoms with Gasteiger partial charge in [0.2, 0.25) is 5.56 Å². The molecule has 5 rings (SSSR count). The van der Waals surface area contributed by atoms with Gasteiger partial charge < -0.3 is 15.8 Å². The van der Waals surface area contributed by atoms with Gasteiger partial charge in [-0.1, -0.05) is 20.8 Å². The van der Waals surface area contributed by atoms with Gasteiger partial charge >= 0.3 is 0 Å². The van der Waals surface area contributed by atoms with Gasteiger partial charge in [-0.3, -0.25) is 14.4 Å². The monoisotopic (exact) mass is 529 g/mol. The van der Waals surface area contributed by atoms with E-state index in [-0.39, 0.29) is 44.7 Å². The van der Waals surface area contributed by atoms with Gasteiger partial charge in [0.05, 0.1) is 29.4 Å². The Kier molecular flexibility index (Phi) is 6.19. The number of aliphatic hydroxyl groups excluding tert-OH is 1. The summed E-state index contributed by atoms with van der Waals surface area (Å²) in [7, 11) is 0. The van der Waals surface area contributed by atoms with E-state index in [4.69, 9.17) is 5.73 Å². The van der Waals surface area contributed by atoms with Gasteiger partial charge in [-0.05, 0) is 35.2 Å². The van der Waals surface area contributed by atoms with Gasteiger partial charge in [0.1, 0.15) is 11.5 Å². The molecular weight excluding hydrogens is 505 g/mol. The summed E-state index contributed by atoms with van der Waals surface area (Å²) in [5.74, 6) is -1.49. The SMILES string of the molecule is CC(C)(C)c1cc(F)c2c(=O)n(-c3nccc(-n4cc(C(N)=O)c(-c5ccc(=O)[nH]c5)n4)c3CO)ncc2c1. The van der Waals surface area contributed by atoms with E-state index in [0.717, 1.165) is 4.68 Å². The molecule has 12 heteroatoms. The molecule has 0 saturated carbocycles. The molecule has 1 aromatic carbocycles. The summed E-state index contributed by atoms with van der Waals surface area (Å²) in [4.78, 5) is 43.8. The third-order valence-corrected chi connectivity index (χ3v) is 6.36. The summed E-state index contributed by atoms with van der Waals surface area (Å²) in [6, 6.07) is 7.34. The van der Waals surface area contributed by atoms with Crippen LogP contribution in [0.2, 0.25) is 0 Å². The molecule has 0 aliphatic carbocycles. The maximum atomic E-state index is 15.2. The van der Waals surface area contributed by atoms with E-state index in [1.54, 1.807) is 6.07 Å². The van der Waals surface area contributed by atoms with Crippen molar-refractivity contribution in [3.05, 3.63) is 98.3 Å². The molecule has 0 spiro atoms. The van der Waals surface area contributed by atoms with Crippen LogP contribution in [-0.2, 0) is 12.0 Å². The summed E-state index contributed by atoms with van der Waals surface area (Å²) in [5, 5.41) is 19.2. The van der Waals surface area contributed by atoms with E-state index in [0.29, 0.717) is 16.5 Å². The molecule has 4 N–H and O–H groups in total. The van der Waals surface area contributed by atoms with Crippen LogP contribution in [0.5, 0.6) is 0 Å². The number of aromatic amines is 1. The van der Waals surface area contributed by atoms with Crippen molar-refractivity contribution in [1.82, 2.24) is 29.5 Å². The van der Waals surface area contributed by atoms with E-state index >= 15 is 4.39 Å². The van der Waals surface area contributed by atoms with E-state index in [9.17, 15) is 19.5 Å². The third kappa shape index (κ3) is 4.50. The highest BCUT2D eigenvalue weighted by Crippen LogP contribution is 2.28. The number of rotatable bonds is 5.